The van der Waals surface area contributed by atoms with Gasteiger partial charge in [0.1, 0.15) is 5.82 Å². The van der Waals surface area contributed by atoms with Crippen molar-refractivity contribution in [3.63, 3.8) is 0 Å². The second kappa shape index (κ2) is 3.95. The molecule has 0 aliphatic rings. The van der Waals surface area contributed by atoms with E-state index in [1.165, 1.54) is 16.7 Å². The van der Waals surface area contributed by atoms with Crippen LogP contribution in [0.15, 0.2) is 30.5 Å². The topological polar surface area (TPSA) is 41.6 Å². The van der Waals surface area contributed by atoms with Gasteiger partial charge in [0.15, 0.2) is 5.65 Å². The summed E-state index contributed by atoms with van der Waals surface area (Å²) in [6.45, 7) is 6.26. The van der Waals surface area contributed by atoms with Crippen molar-refractivity contribution in [3.05, 3.63) is 47.2 Å². The molecule has 0 radical (unpaired) electrons. The highest BCUT2D eigenvalue weighted by Crippen LogP contribution is 2.24. The van der Waals surface area contributed by atoms with Crippen LogP contribution in [0.1, 0.15) is 16.7 Å². The van der Waals surface area contributed by atoms with E-state index in [9.17, 15) is 0 Å². The number of aryl methyl sites for hydroxylation is 3. The first-order chi connectivity index (χ1) is 8.65. The third-order valence-corrected chi connectivity index (χ3v) is 3.25. The number of fused-ring (bicyclic) bond motifs is 1. The molecule has 0 atom stereocenters. The molecule has 90 valence electrons. The summed E-state index contributed by atoms with van der Waals surface area (Å²) in [6, 6.07) is 8.39. The third-order valence-electron chi connectivity index (χ3n) is 3.25. The zero-order chi connectivity index (χ0) is 12.7. The molecule has 0 aliphatic heterocycles. The van der Waals surface area contributed by atoms with Gasteiger partial charge in [-0.1, -0.05) is 17.7 Å². The van der Waals surface area contributed by atoms with E-state index in [4.69, 9.17) is 0 Å². The predicted molar refractivity (Wildman–Crippen MR) is 73.5 cm³/mol. The Balaban J connectivity index is 2.26. The number of rotatable bonds is 1. The van der Waals surface area contributed by atoms with Gasteiger partial charge in [0, 0.05) is 11.8 Å². The lowest BCUT2D eigenvalue weighted by molar-refractivity contribution is 1.27. The van der Waals surface area contributed by atoms with Gasteiger partial charge in [-0.15, -0.1) is 0 Å². The highest BCUT2D eigenvalue weighted by molar-refractivity contribution is 5.79. The summed E-state index contributed by atoms with van der Waals surface area (Å²) in [5.74, 6) is 0.896. The molecule has 18 heavy (non-hydrogen) atoms. The number of benzene rings is 1. The van der Waals surface area contributed by atoms with Gasteiger partial charge in [0.05, 0.1) is 5.52 Å². The molecule has 0 saturated carbocycles. The Bertz CT molecular complexity index is 726. The first-order valence-corrected chi connectivity index (χ1v) is 6.04. The zero-order valence-electron chi connectivity index (χ0n) is 10.8. The van der Waals surface area contributed by atoms with Crippen LogP contribution in [0.25, 0.3) is 22.6 Å². The van der Waals surface area contributed by atoms with Crippen molar-refractivity contribution in [1.29, 1.82) is 0 Å². The van der Waals surface area contributed by atoms with Gasteiger partial charge in [-0.2, -0.15) is 0 Å². The minimum Gasteiger partial charge on any atom is -0.336 e. The van der Waals surface area contributed by atoms with Crippen LogP contribution in [0.4, 0.5) is 0 Å². The number of pyridine rings is 1. The maximum absolute atomic E-state index is 4.58. The Morgan fingerprint density at radius 2 is 1.83 bits per heavy atom. The molecule has 1 aromatic carbocycles. The Morgan fingerprint density at radius 1 is 1.00 bits per heavy atom. The molecular weight excluding hydrogens is 222 g/mol. The van der Waals surface area contributed by atoms with Gasteiger partial charge in [0.25, 0.3) is 0 Å². The van der Waals surface area contributed by atoms with Crippen LogP contribution in [-0.2, 0) is 0 Å². The lowest BCUT2D eigenvalue weighted by Crippen LogP contribution is -1.86. The molecule has 3 heteroatoms. The Morgan fingerprint density at radius 3 is 2.61 bits per heavy atom. The van der Waals surface area contributed by atoms with E-state index in [0.717, 1.165) is 22.6 Å². The van der Waals surface area contributed by atoms with Gasteiger partial charge < -0.3 is 4.98 Å². The van der Waals surface area contributed by atoms with Gasteiger partial charge in [-0.25, -0.2) is 9.97 Å². The lowest BCUT2D eigenvalue weighted by atomic mass is 10.1. The van der Waals surface area contributed by atoms with Crippen molar-refractivity contribution in [1.82, 2.24) is 15.0 Å². The second-order valence-corrected chi connectivity index (χ2v) is 4.73. The van der Waals surface area contributed by atoms with Crippen LogP contribution >= 0.6 is 0 Å². The number of hydrogen-bond acceptors (Lipinski definition) is 2. The Labute approximate surface area is 106 Å². The summed E-state index contributed by atoms with van der Waals surface area (Å²) < 4.78 is 0. The smallest absolute Gasteiger partial charge is 0.178 e. The quantitative estimate of drug-likeness (QED) is 0.703. The molecule has 0 fully saturated rings. The molecule has 0 amide bonds. The number of imidazole rings is 1. The third kappa shape index (κ3) is 1.68. The van der Waals surface area contributed by atoms with Gasteiger partial charge >= 0.3 is 0 Å². The summed E-state index contributed by atoms with van der Waals surface area (Å²) in [5, 5.41) is 0. The van der Waals surface area contributed by atoms with E-state index >= 15 is 0 Å². The van der Waals surface area contributed by atoms with Crippen molar-refractivity contribution < 1.29 is 0 Å². The number of hydrogen-bond donors (Lipinski definition) is 1. The second-order valence-electron chi connectivity index (χ2n) is 4.73. The summed E-state index contributed by atoms with van der Waals surface area (Å²) in [4.78, 5) is 12.3. The van der Waals surface area contributed by atoms with Gasteiger partial charge in [-0.05, 0) is 44.0 Å². The molecule has 1 N–H and O–H groups in total. The van der Waals surface area contributed by atoms with Crippen molar-refractivity contribution >= 4 is 11.2 Å². The van der Waals surface area contributed by atoms with Crippen LogP contribution in [-0.4, -0.2) is 15.0 Å². The van der Waals surface area contributed by atoms with Gasteiger partial charge in [0.2, 0.25) is 0 Å². The summed E-state index contributed by atoms with van der Waals surface area (Å²) in [7, 11) is 0. The minimum absolute atomic E-state index is 0.783. The number of aromatic amines is 1. The largest absolute Gasteiger partial charge is 0.336 e. The standard InChI is InChI=1S/C15H15N3/c1-9-4-5-10(2)12(8-9)14-17-13-11(3)6-7-16-15(13)18-14/h4-8H,1-3H3,(H,16,17,18). The monoisotopic (exact) mass is 237 g/mol. The fourth-order valence-electron chi connectivity index (χ4n) is 2.15. The first-order valence-electron chi connectivity index (χ1n) is 6.04. The van der Waals surface area contributed by atoms with Crippen LogP contribution in [0.2, 0.25) is 0 Å². The highest BCUT2D eigenvalue weighted by Gasteiger charge is 2.09. The molecular formula is C15H15N3. The summed E-state index contributed by atoms with van der Waals surface area (Å²) >= 11 is 0. The van der Waals surface area contributed by atoms with Crippen LogP contribution in [0, 0.1) is 20.8 Å². The number of H-pyrrole nitrogens is 1. The van der Waals surface area contributed by atoms with E-state index in [0.29, 0.717) is 0 Å². The van der Waals surface area contributed by atoms with Crippen LogP contribution in [0.5, 0.6) is 0 Å². The predicted octanol–water partition coefficient (Wildman–Crippen LogP) is 3.55. The van der Waals surface area contributed by atoms with Crippen molar-refractivity contribution in [2.45, 2.75) is 20.8 Å². The fraction of sp³-hybridized carbons (Fsp3) is 0.200. The molecule has 3 rings (SSSR count). The zero-order valence-corrected chi connectivity index (χ0v) is 10.8. The molecule has 0 saturated heterocycles. The number of aromatic nitrogens is 3. The summed E-state index contributed by atoms with van der Waals surface area (Å²) in [6.07, 6.45) is 1.80. The van der Waals surface area contributed by atoms with Crippen molar-refractivity contribution in [2.24, 2.45) is 0 Å². The van der Waals surface area contributed by atoms with Crippen LogP contribution < -0.4 is 0 Å². The van der Waals surface area contributed by atoms with Crippen LogP contribution in [0.3, 0.4) is 0 Å². The minimum atomic E-state index is 0.783. The first kappa shape index (κ1) is 11.0. The van der Waals surface area contributed by atoms with Gasteiger partial charge in [-0.3, -0.25) is 0 Å². The molecule has 2 heterocycles. The van der Waals surface area contributed by atoms with Crippen molar-refractivity contribution in [3.8, 4) is 11.4 Å². The van der Waals surface area contributed by atoms with E-state index in [-0.39, 0.29) is 0 Å². The van der Waals surface area contributed by atoms with E-state index in [1.807, 2.05) is 6.07 Å². The number of nitrogens with zero attached hydrogens (tertiary/aromatic N) is 2. The normalized spacial score (nSPS) is 11.1. The maximum Gasteiger partial charge on any atom is 0.178 e. The number of nitrogens with one attached hydrogen (secondary N) is 1. The average molecular weight is 237 g/mol. The Hall–Kier alpha value is -2.16. The average Bonchev–Trinajstić information content (AvgIpc) is 2.77. The molecule has 0 unspecified atom stereocenters. The van der Waals surface area contributed by atoms with E-state index < -0.39 is 0 Å². The highest BCUT2D eigenvalue weighted by atomic mass is 15.0. The van der Waals surface area contributed by atoms with E-state index in [1.54, 1.807) is 6.20 Å². The fourth-order valence-corrected chi connectivity index (χ4v) is 2.15. The lowest BCUT2D eigenvalue weighted by Gasteiger charge is -2.03. The molecule has 3 aromatic rings. The molecule has 2 aromatic heterocycles. The molecule has 0 spiro atoms. The summed E-state index contributed by atoms with van der Waals surface area (Å²) in [5.41, 5.74) is 6.58. The molecule has 3 nitrogen and oxygen atoms in total. The Kier molecular flexibility index (Phi) is 2.40. The van der Waals surface area contributed by atoms with E-state index in [2.05, 4.69) is 53.9 Å². The molecule has 0 bridgehead atoms. The molecule has 0 aliphatic carbocycles. The SMILES string of the molecule is Cc1ccc(C)c(-c2nc3nccc(C)c3[nH]2)c1. The van der Waals surface area contributed by atoms with Crippen molar-refractivity contribution in [2.75, 3.05) is 0 Å². The maximum atomic E-state index is 4.58.